The lowest BCUT2D eigenvalue weighted by molar-refractivity contribution is 1.15. The summed E-state index contributed by atoms with van der Waals surface area (Å²) in [7, 11) is 0. The molecule has 76 valence electrons. The zero-order chi connectivity index (χ0) is 10.8. The third kappa shape index (κ3) is 2.33. The van der Waals surface area contributed by atoms with Gasteiger partial charge in [-0.25, -0.2) is 4.98 Å². The van der Waals surface area contributed by atoms with Gasteiger partial charge in [-0.1, -0.05) is 28.1 Å². The summed E-state index contributed by atoms with van der Waals surface area (Å²) in [6.45, 7) is 2.05. The van der Waals surface area contributed by atoms with Crippen LogP contribution in [0.25, 0.3) is 11.4 Å². The second-order valence-electron chi connectivity index (χ2n) is 3.24. The number of H-pyrrole nitrogens is 1. The maximum Gasteiger partial charge on any atom is 0.138 e. The summed E-state index contributed by atoms with van der Waals surface area (Å²) >= 11 is 8.50. The van der Waals surface area contributed by atoms with E-state index in [-0.39, 0.29) is 0 Å². The molecule has 1 aromatic carbocycles. The van der Waals surface area contributed by atoms with Crippen molar-refractivity contribution in [3.8, 4) is 11.4 Å². The number of halogens is 1. The number of hydrogen-bond acceptors (Lipinski definition) is 2. The lowest BCUT2D eigenvalue weighted by atomic mass is 10.1. The molecular formula is C11H9BrN2S. The van der Waals surface area contributed by atoms with E-state index in [0.29, 0.717) is 4.64 Å². The van der Waals surface area contributed by atoms with Crippen LogP contribution in [0.2, 0.25) is 0 Å². The summed E-state index contributed by atoms with van der Waals surface area (Å²) in [5.41, 5.74) is 2.23. The molecule has 0 saturated carbocycles. The zero-order valence-corrected chi connectivity index (χ0v) is 10.5. The first kappa shape index (κ1) is 10.5. The van der Waals surface area contributed by atoms with Crippen LogP contribution < -0.4 is 0 Å². The molecule has 0 aliphatic carbocycles. The summed E-state index contributed by atoms with van der Waals surface area (Å²) in [5.74, 6) is 0.813. The summed E-state index contributed by atoms with van der Waals surface area (Å²) < 4.78 is 1.76. The number of aromatic nitrogens is 2. The molecule has 0 fully saturated rings. The summed E-state index contributed by atoms with van der Waals surface area (Å²) in [5, 5.41) is 0. The first-order valence-corrected chi connectivity index (χ1v) is 5.69. The van der Waals surface area contributed by atoms with Crippen molar-refractivity contribution in [3.05, 3.63) is 45.1 Å². The Bertz CT molecular complexity index is 548. The Kier molecular flexibility index (Phi) is 2.98. The summed E-state index contributed by atoms with van der Waals surface area (Å²) in [6, 6.07) is 7.84. The molecule has 2 nitrogen and oxygen atoms in total. The van der Waals surface area contributed by atoms with Gasteiger partial charge >= 0.3 is 0 Å². The summed E-state index contributed by atoms with van der Waals surface area (Å²) in [6.07, 6.45) is 1.72. The molecule has 0 aliphatic heterocycles. The molecule has 0 radical (unpaired) electrons. The molecular weight excluding hydrogens is 272 g/mol. The third-order valence-corrected chi connectivity index (χ3v) is 2.85. The van der Waals surface area contributed by atoms with E-state index in [0.717, 1.165) is 21.4 Å². The fraction of sp³-hybridized carbons (Fsp3) is 0.0909. The first-order chi connectivity index (χ1) is 7.16. The molecule has 0 saturated heterocycles. The van der Waals surface area contributed by atoms with Gasteiger partial charge in [0.15, 0.2) is 0 Å². The smallest absolute Gasteiger partial charge is 0.138 e. The van der Waals surface area contributed by atoms with Crippen LogP contribution in [-0.4, -0.2) is 9.97 Å². The van der Waals surface area contributed by atoms with Gasteiger partial charge in [0.25, 0.3) is 0 Å². The monoisotopic (exact) mass is 280 g/mol. The number of rotatable bonds is 1. The molecule has 0 unspecified atom stereocenters. The quantitative estimate of drug-likeness (QED) is 0.804. The average molecular weight is 281 g/mol. The Hall–Kier alpha value is -1.00. The molecule has 0 atom stereocenters. The number of benzene rings is 1. The number of nitrogens with one attached hydrogen (secondary N) is 1. The van der Waals surface area contributed by atoms with Crippen LogP contribution in [0.5, 0.6) is 0 Å². The molecule has 1 heterocycles. The molecule has 1 aromatic heterocycles. The first-order valence-electron chi connectivity index (χ1n) is 4.48. The Morgan fingerprint density at radius 2 is 2.13 bits per heavy atom. The van der Waals surface area contributed by atoms with Gasteiger partial charge in [0.2, 0.25) is 0 Å². The fourth-order valence-electron chi connectivity index (χ4n) is 1.40. The molecule has 2 rings (SSSR count). The molecule has 2 aromatic rings. The Labute approximate surface area is 102 Å². The topological polar surface area (TPSA) is 28.7 Å². The normalized spacial score (nSPS) is 10.3. The third-order valence-electron chi connectivity index (χ3n) is 2.11. The predicted octanol–water partition coefficient (Wildman–Crippen LogP) is 3.88. The lowest BCUT2D eigenvalue weighted by Gasteiger charge is -2.05. The molecule has 0 amide bonds. The van der Waals surface area contributed by atoms with Crippen molar-refractivity contribution < 1.29 is 0 Å². The zero-order valence-electron chi connectivity index (χ0n) is 8.12. The maximum absolute atomic E-state index is 5.06. The highest BCUT2D eigenvalue weighted by atomic mass is 79.9. The van der Waals surface area contributed by atoms with Crippen molar-refractivity contribution in [2.45, 2.75) is 6.92 Å². The van der Waals surface area contributed by atoms with Gasteiger partial charge in [-0.05, 0) is 36.8 Å². The van der Waals surface area contributed by atoms with E-state index in [1.165, 1.54) is 0 Å². The minimum atomic E-state index is 0.697. The van der Waals surface area contributed by atoms with Gasteiger partial charge in [-0.15, -0.1) is 0 Å². The molecule has 1 N–H and O–H groups in total. The number of hydrogen-bond donors (Lipinski definition) is 1. The van der Waals surface area contributed by atoms with E-state index in [4.69, 9.17) is 12.2 Å². The Morgan fingerprint density at radius 3 is 2.80 bits per heavy atom. The van der Waals surface area contributed by atoms with Gasteiger partial charge < -0.3 is 4.98 Å². The van der Waals surface area contributed by atoms with Crippen LogP contribution in [0, 0.1) is 11.6 Å². The van der Waals surface area contributed by atoms with Crippen LogP contribution in [0.3, 0.4) is 0 Å². The van der Waals surface area contributed by atoms with Gasteiger partial charge in [-0.2, -0.15) is 0 Å². The number of nitrogens with zero attached hydrogens (tertiary/aromatic N) is 1. The van der Waals surface area contributed by atoms with Crippen molar-refractivity contribution in [1.82, 2.24) is 9.97 Å². The number of aryl methyl sites for hydroxylation is 1. The summed E-state index contributed by atoms with van der Waals surface area (Å²) in [4.78, 5) is 7.34. The second kappa shape index (κ2) is 4.24. The van der Waals surface area contributed by atoms with Crippen LogP contribution in [0.15, 0.2) is 34.9 Å². The largest absolute Gasteiger partial charge is 0.331 e. The lowest BCUT2D eigenvalue weighted by Crippen LogP contribution is -1.90. The van der Waals surface area contributed by atoms with E-state index in [1.54, 1.807) is 12.3 Å². The van der Waals surface area contributed by atoms with Crippen molar-refractivity contribution in [1.29, 1.82) is 0 Å². The fourth-order valence-corrected chi connectivity index (χ4v) is 2.03. The molecule has 15 heavy (non-hydrogen) atoms. The molecule has 0 bridgehead atoms. The van der Waals surface area contributed by atoms with Crippen LogP contribution in [0.1, 0.15) is 5.56 Å². The second-order valence-corrected chi connectivity index (χ2v) is 4.60. The van der Waals surface area contributed by atoms with Crippen molar-refractivity contribution in [2.24, 2.45) is 0 Å². The van der Waals surface area contributed by atoms with E-state index >= 15 is 0 Å². The standard InChI is InChI=1S/C11H9BrN2S/c1-7-6-8(12)2-3-9(7)11-13-5-4-10(15)14-11/h2-6H,1H3,(H,13,14,15). The van der Waals surface area contributed by atoms with Crippen molar-refractivity contribution in [3.63, 3.8) is 0 Å². The minimum absolute atomic E-state index is 0.697. The highest BCUT2D eigenvalue weighted by Gasteiger charge is 2.03. The Morgan fingerprint density at radius 1 is 1.33 bits per heavy atom. The van der Waals surface area contributed by atoms with E-state index in [2.05, 4.69) is 32.0 Å². The minimum Gasteiger partial charge on any atom is -0.331 e. The van der Waals surface area contributed by atoms with Crippen LogP contribution in [-0.2, 0) is 0 Å². The van der Waals surface area contributed by atoms with Gasteiger partial charge in [0, 0.05) is 16.2 Å². The van der Waals surface area contributed by atoms with Crippen LogP contribution >= 0.6 is 28.1 Å². The van der Waals surface area contributed by atoms with Crippen molar-refractivity contribution >= 4 is 28.1 Å². The van der Waals surface area contributed by atoms with E-state index in [9.17, 15) is 0 Å². The maximum atomic E-state index is 5.06. The highest BCUT2D eigenvalue weighted by Crippen LogP contribution is 2.22. The molecule has 0 spiro atoms. The van der Waals surface area contributed by atoms with E-state index in [1.807, 2.05) is 19.1 Å². The van der Waals surface area contributed by atoms with Gasteiger partial charge in [-0.3, -0.25) is 0 Å². The molecule has 4 heteroatoms. The molecule has 0 aliphatic rings. The highest BCUT2D eigenvalue weighted by molar-refractivity contribution is 9.10. The van der Waals surface area contributed by atoms with Gasteiger partial charge in [0.05, 0.1) is 0 Å². The SMILES string of the molecule is Cc1cc(Br)ccc1-c1nccc(=S)[nH]1. The number of aromatic amines is 1. The van der Waals surface area contributed by atoms with Crippen molar-refractivity contribution in [2.75, 3.05) is 0 Å². The van der Waals surface area contributed by atoms with E-state index < -0.39 is 0 Å². The van der Waals surface area contributed by atoms with Gasteiger partial charge in [0.1, 0.15) is 10.5 Å². The predicted molar refractivity (Wildman–Crippen MR) is 67.3 cm³/mol. The average Bonchev–Trinajstić information content (AvgIpc) is 2.17. The Balaban J connectivity index is 2.59. The van der Waals surface area contributed by atoms with Crippen LogP contribution in [0.4, 0.5) is 0 Å².